The minimum atomic E-state index is -1.02. The summed E-state index contributed by atoms with van der Waals surface area (Å²) in [5.74, 6) is -1.02. The molecule has 1 unspecified atom stereocenters. The molecule has 0 saturated heterocycles. The highest BCUT2D eigenvalue weighted by Gasteiger charge is 2.19. The summed E-state index contributed by atoms with van der Waals surface area (Å²) in [5, 5.41) is 9.95. The van der Waals surface area contributed by atoms with E-state index in [1.54, 1.807) is 6.07 Å². The lowest BCUT2D eigenvalue weighted by molar-refractivity contribution is -0.138. The molecule has 0 spiro atoms. The molecule has 0 radical (unpaired) electrons. The number of carboxylic acid groups (broad SMARTS) is 1. The number of nitrogens with two attached hydrogens (primary N) is 1. The van der Waals surface area contributed by atoms with Crippen LogP contribution in [0.3, 0.4) is 0 Å². The third-order valence-corrected chi connectivity index (χ3v) is 3.39. The van der Waals surface area contributed by atoms with Crippen LogP contribution < -0.4 is 5.73 Å². The number of fused-ring (bicyclic) bond motifs is 3. The Hall–Kier alpha value is -1.85. The van der Waals surface area contributed by atoms with E-state index >= 15 is 0 Å². The molecule has 1 aromatic carbocycles. The van der Waals surface area contributed by atoms with Crippen molar-refractivity contribution in [3.05, 3.63) is 35.0 Å². The number of aromatic nitrogens is 1. The van der Waals surface area contributed by atoms with E-state index in [1.807, 2.05) is 12.1 Å². The van der Waals surface area contributed by atoms with Crippen LogP contribution in [0.15, 0.2) is 18.2 Å². The normalized spacial score (nSPS) is 16.5. The quantitative estimate of drug-likeness (QED) is 0.745. The molecule has 5 heteroatoms. The zero-order chi connectivity index (χ0) is 12.7. The van der Waals surface area contributed by atoms with E-state index < -0.39 is 12.0 Å². The SMILES string of the molecule is NC(C(=O)O)c1ccc2[nH]c3c(c2c1)COCC3. The van der Waals surface area contributed by atoms with Gasteiger partial charge in [-0.25, -0.2) is 0 Å². The molecule has 0 saturated carbocycles. The zero-order valence-corrected chi connectivity index (χ0v) is 9.77. The maximum atomic E-state index is 10.9. The van der Waals surface area contributed by atoms with Crippen molar-refractivity contribution >= 4 is 16.9 Å². The van der Waals surface area contributed by atoms with E-state index in [-0.39, 0.29) is 0 Å². The zero-order valence-electron chi connectivity index (χ0n) is 9.77. The van der Waals surface area contributed by atoms with Gasteiger partial charge in [-0.2, -0.15) is 0 Å². The van der Waals surface area contributed by atoms with E-state index in [4.69, 9.17) is 15.6 Å². The average molecular weight is 246 g/mol. The summed E-state index contributed by atoms with van der Waals surface area (Å²) in [6.07, 6.45) is 0.865. The summed E-state index contributed by atoms with van der Waals surface area (Å²) < 4.78 is 5.44. The van der Waals surface area contributed by atoms with Gasteiger partial charge in [0.1, 0.15) is 6.04 Å². The Morgan fingerprint density at radius 2 is 2.33 bits per heavy atom. The Bertz CT molecular complexity index is 618. The van der Waals surface area contributed by atoms with Gasteiger partial charge in [-0.3, -0.25) is 4.79 Å². The van der Waals surface area contributed by atoms with E-state index in [0.717, 1.165) is 29.5 Å². The smallest absolute Gasteiger partial charge is 0.325 e. The molecule has 2 aromatic rings. The highest BCUT2D eigenvalue weighted by molar-refractivity contribution is 5.87. The summed E-state index contributed by atoms with van der Waals surface area (Å²) in [6.45, 7) is 1.29. The van der Waals surface area contributed by atoms with Crippen LogP contribution in [0.4, 0.5) is 0 Å². The molecular formula is C13H14N2O3. The van der Waals surface area contributed by atoms with Crippen molar-refractivity contribution in [2.24, 2.45) is 5.73 Å². The van der Waals surface area contributed by atoms with Gasteiger partial charge in [-0.15, -0.1) is 0 Å². The van der Waals surface area contributed by atoms with Crippen LogP contribution in [-0.4, -0.2) is 22.7 Å². The third kappa shape index (κ3) is 1.68. The second-order valence-electron chi connectivity index (χ2n) is 4.51. The summed E-state index contributed by atoms with van der Waals surface area (Å²) in [5.41, 5.74) is 9.55. The predicted molar refractivity (Wildman–Crippen MR) is 66.2 cm³/mol. The predicted octanol–water partition coefficient (Wildman–Crippen LogP) is 1.33. The topological polar surface area (TPSA) is 88.3 Å². The van der Waals surface area contributed by atoms with Crippen molar-refractivity contribution in [3.8, 4) is 0 Å². The van der Waals surface area contributed by atoms with Gasteiger partial charge in [0.2, 0.25) is 0 Å². The van der Waals surface area contributed by atoms with Gasteiger partial charge in [0.05, 0.1) is 13.2 Å². The molecule has 0 aliphatic carbocycles. The van der Waals surface area contributed by atoms with Gasteiger partial charge in [-0.1, -0.05) is 6.07 Å². The first kappa shape index (κ1) is 11.3. The fourth-order valence-electron chi connectivity index (χ4n) is 2.38. The summed E-state index contributed by atoms with van der Waals surface area (Å²) in [6, 6.07) is 4.50. The molecule has 0 fully saturated rings. The van der Waals surface area contributed by atoms with Crippen LogP contribution in [0.5, 0.6) is 0 Å². The fourth-order valence-corrected chi connectivity index (χ4v) is 2.38. The lowest BCUT2D eigenvalue weighted by Crippen LogP contribution is -2.20. The molecule has 2 heterocycles. The van der Waals surface area contributed by atoms with Crippen molar-refractivity contribution in [2.45, 2.75) is 19.1 Å². The van der Waals surface area contributed by atoms with Crippen LogP contribution in [0.25, 0.3) is 10.9 Å². The first-order chi connectivity index (χ1) is 8.66. The third-order valence-electron chi connectivity index (χ3n) is 3.39. The van der Waals surface area contributed by atoms with Crippen LogP contribution in [-0.2, 0) is 22.6 Å². The molecular weight excluding hydrogens is 232 g/mol. The molecule has 94 valence electrons. The van der Waals surface area contributed by atoms with Crippen LogP contribution in [0.1, 0.15) is 22.9 Å². The Balaban J connectivity index is 2.13. The molecule has 0 bridgehead atoms. The Labute approximate surface area is 104 Å². The number of aromatic amines is 1. The van der Waals surface area contributed by atoms with Gasteiger partial charge < -0.3 is 20.6 Å². The number of benzene rings is 1. The monoisotopic (exact) mass is 246 g/mol. The van der Waals surface area contributed by atoms with Gasteiger partial charge in [0, 0.05) is 28.6 Å². The first-order valence-electron chi connectivity index (χ1n) is 5.86. The number of carboxylic acids is 1. The minimum absolute atomic E-state index is 0.571. The Kier molecular flexibility index (Phi) is 2.57. The van der Waals surface area contributed by atoms with Crippen molar-refractivity contribution in [1.82, 2.24) is 4.98 Å². The average Bonchev–Trinajstić information content (AvgIpc) is 2.75. The van der Waals surface area contributed by atoms with Gasteiger partial charge >= 0.3 is 5.97 Å². The van der Waals surface area contributed by atoms with Crippen molar-refractivity contribution < 1.29 is 14.6 Å². The van der Waals surface area contributed by atoms with Gasteiger partial charge in [0.15, 0.2) is 0 Å². The molecule has 18 heavy (non-hydrogen) atoms. The lowest BCUT2D eigenvalue weighted by atomic mass is 10.0. The highest BCUT2D eigenvalue weighted by atomic mass is 16.5. The summed E-state index contributed by atoms with van der Waals surface area (Å²) in [7, 11) is 0. The maximum Gasteiger partial charge on any atom is 0.325 e. The number of H-pyrrole nitrogens is 1. The molecule has 1 atom stereocenters. The largest absolute Gasteiger partial charge is 0.480 e. The maximum absolute atomic E-state index is 10.9. The molecule has 4 N–H and O–H groups in total. The van der Waals surface area contributed by atoms with E-state index in [2.05, 4.69) is 4.98 Å². The Morgan fingerprint density at radius 3 is 3.11 bits per heavy atom. The molecule has 5 nitrogen and oxygen atoms in total. The number of aliphatic carboxylic acids is 1. The van der Waals surface area contributed by atoms with Crippen molar-refractivity contribution in [1.29, 1.82) is 0 Å². The number of ether oxygens (including phenoxy) is 1. The summed E-state index contributed by atoms with van der Waals surface area (Å²) in [4.78, 5) is 14.2. The molecule has 1 aromatic heterocycles. The van der Waals surface area contributed by atoms with E-state index in [1.165, 1.54) is 5.69 Å². The van der Waals surface area contributed by atoms with Crippen LogP contribution in [0, 0.1) is 0 Å². The highest BCUT2D eigenvalue weighted by Crippen LogP contribution is 2.28. The molecule has 3 rings (SSSR count). The number of hydrogen-bond donors (Lipinski definition) is 3. The Morgan fingerprint density at radius 1 is 1.50 bits per heavy atom. The number of nitrogens with one attached hydrogen (secondary N) is 1. The second kappa shape index (κ2) is 4.12. The first-order valence-corrected chi connectivity index (χ1v) is 5.86. The number of hydrogen-bond acceptors (Lipinski definition) is 3. The number of carbonyl (C=O) groups is 1. The number of rotatable bonds is 2. The van der Waals surface area contributed by atoms with Gasteiger partial charge in [0.25, 0.3) is 0 Å². The molecule has 0 amide bonds. The fraction of sp³-hybridized carbons (Fsp3) is 0.308. The minimum Gasteiger partial charge on any atom is -0.480 e. The van der Waals surface area contributed by atoms with E-state index in [9.17, 15) is 4.79 Å². The molecule has 1 aliphatic rings. The van der Waals surface area contributed by atoms with Gasteiger partial charge in [-0.05, 0) is 17.7 Å². The lowest BCUT2D eigenvalue weighted by Gasteiger charge is -2.12. The van der Waals surface area contributed by atoms with Crippen LogP contribution >= 0.6 is 0 Å². The molecule has 1 aliphatic heterocycles. The van der Waals surface area contributed by atoms with Crippen LogP contribution in [0.2, 0.25) is 0 Å². The van der Waals surface area contributed by atoms with Crippen molar-refractivity contribution in [3.63, 3.8) is 0 Å². The van der Waals surface area contributed by atoms with E-state index in [0.29, 0.717) is 12.2 Å². The van der Waals surface area contributed by atoms with Crippen molar-refractivity contribution in [2.75, 3.05) is 6.61 Å². The standard InChI is InChI=1S/C13H14N2O3/c14-12(13(16)17)7-1-2-10-8(5-7)9-6-18-4-3-11(9)15-10/h1-2,5,12,15H,3-4,6,14H2,(H,16,17). The summed E-state index contributed by atoms with van der Waals surface area (Å²) >= 11 is 0. The second-order valence-corrected chi connectivity index (χ2v) is 4.51.